The molecule has 0 aromatic rings. The average molecular weight is 158 g/mol. The van der Waals surface area contributed by atoms with E-state index in [1.165, 1.54) is 0 Å². The maximum atomic E-state index is 11.4. The fraction of sp³-hybridized carbons (Fsp3) is 0.875. The first-order valence-corrected chi connectivity index (χ1v) is 4.00. The van der Waals surface area contributed by atoms with Crippen LogP contribution in [0, 0.1) is 0 Å². The van der Waals surface area contributed by atoms with Crippen LogP contribution in [0.2, 0.25) is 0 Å². The van der Waals surface area contributed by atoms with Crippen molar-refractivity contribution in [3.05, 3.63) is 0 Å². The van der Waals surface area contributed by atoms with Crippen LogP contribution in [0.1, 0.15) is 27.2 Å². The Kier molecular flexibility index (Phi) is 3.52. The lowest BCUT2D eigenvalue weighted by atomic mass is 9.99. The molecule has 0 bridgehead atoms. The summed E-state index contributed by atoms with van der Waals surface area (Å²) >= 11 is 0. The molecule has 0 aliphatic rings. The third kappa shape index (κ3) is 2.50. The third-order valence-electron chi connectivity index (χ3n) is 2.04. The van der Waals surface area contributed by atoms with E-state index < -0.39 is 5.54 Å². The second kappa shape index (κ2) is 3.72. The zero-order chi connectivity index (χ0) is 9.07. The van der Waals surface area contributed by atoms with Gasteiger partial charge < -0.3 is 10.6 Å². The van der Waals surface area contributed by atoms with Crippen molar-refractivity contribution in [1.82, 2.24) is 4.90 Å². The fourth-order valence-electron chi connectivity index (χ4n) is 0.731. The van der Waals surface area contributed by atoms with Crippen molar-refractivity contribution in [3.8, 4) is 0 Å². The normalized spacial score (nSPS) is 15.7. The molecular weight excluding hydrogens is 140 g/mol. The van der Waals surface area contributed by atoms with Crippen LogP contribution in [0.5, 0.6) is 0 Å². The molecule has 0 heterocycles. The van der Waals surface area contributed by atoms with Crippen LogP contribution in [0.15, 0.2) is 0 Å². The summed E-state index contributed by atoms with van der Waals surface area (Å²) in [6.07, 6.45) is 0.677. The second-order valence-corrected chi connectivity index (χ2v) is 3.09. The van der Waals surface area contributed by atoms with Gasteiger partial charge in [0, 0.05) is 13.6 Å². The lowest BCUT2D eigenvalue weighted by molar-refractivity contribution is -0.134. The maximum absolute atomic E-state index is 11.4. The highest BCUT2D eigenvalue weighted by Crippen LogP contribution is 2.07. The van der Waals surface area contributed by atoms with Gasteiger partial charge >= 0.3 is 0 Å². The van der Waals surface area contributed by atoms with E-state index in [9.17, 15) is 4.79 Å². The van der Waals surface area contributed by atoms with E-state index in [-0.39, 0.29) is 5.91 Å². The van der Waals surface area contributed by atoms with Gasteiger partial charge in [-0.2, -0.15) is 0 Å². The molecular formula is C8H18N2O. The van der Waals surface area contributed by atoms with Crippen LogP contribution in [0.25, 0.3) is 0 Å². The molecule has 1 atom stereocenters. The molecule has 0 aliphatic heterocycles. The molecule has 1 amide bonds. The molecule has 0 saturated carbocycles. The van der Waals surface area contributed by atoms with Gasteiger partial charge in [-0.05, 0) is 20.3 Å². The van der Waals surface area contributed by atoms with Gasteiger partial charge in [-0.25, -0.2) is 0 Å². The zero-order valence-electron chi connectivity index (χ0n) is 7.85. The molecule has 0 radical (unpaired) electrons. The minimum absolute atomic E-state index is 0.0162. The first kappa shape index (κ1) is 10.4. The van der Waals surface area contributed by atoms with Crippen LogP contribution in [-0.2, 0) is 4.79 Å². The SMILES string of the molecule is CCN(C)C(=O)C(C)(N)CC. The molecule has 3 heteroatoms. The molecule has 66 valence electrons. The second-order valence-electron chi connectivity index (χ2n) is 3.09. The number of hydrogen-bond donors (Lipinski definition) is 1. The minimum Gasteiger partial charge on any atom is -0.344 e. The highest BCUT2D eigenvalue weighted by atomic mass is 16.2. The Bertz CT molecular complexity index is 143. The number of carbonyl (C=O) groups is 1. The summed E-state index contributed by atoms with van der Waals surface area (Å²) in [6, 6.07) is 0. The van der Waals surface area contributed by atoms with E-state index in [0.717, 1.165) is 0 Å². The van der Waals surface area contributed by atoms with Gasteiger partial charge in [0.05, 0.1) is 5.54 Å². The predicted molar refractivity (Wildman–Crippen MR) is 46.2 cm³/mol. The average Bonchev–Trinajstić information content (AvgIpc) is 2.01. The highest BCUT2D eigenvalue weighted by molar-refractivity contribution is 5.85. The Hall–Kier alpha value is -0.570. The van der Waals surface area contributed by atoms with Gasteiger partial charge in [0.2, 0.25) is 5.91 Å². The van der Waals surface area contributed by atoms with Gasteiger partial charge in [0.15, 0.2) is 0 Å². The quantitative estimate of drug-likeness (QED) is 0.653. The van der Waals surface area contributed by atoms with Crippen molar-refractivity contribution in [2.45, 2.75) is 32.7 Å². The number of carbonyl (C=O) groups excluding carboxylic acids is 1. The third-order valence-corrected chi connectivity index (χ3v) is 2.04. The Morgan fingerprint density at radius 2 is 2.00 bits per heavy atom. The highest BCUT2D eigenvalue weighted by Gasteiger charge is 2.27. The van der Waals surface area contributed by atoms with Crippen LogP contribution < -0.4 is 5.73 Å². The smallest absolute Gasteiger partial charge is 0.242 e. The van der Waals surface area contributed by atoms with Crippen molar-refractivity contribution < 1.29 is 4.79 Å². The summed E-state index contributed by atoms with van der Waals surface area (Å²) in [4.78, 5) is 13.1. The molecule has 11 heavy (non-hydrogen) atoms. The molecule has 0 spiro atoms. The van der Waals surface area contributed by atoms with Gasteiger partial charge in [-0.15, -0.1) is 0 Å². The molecule has 0 saturated heterocycles. The monoisotopic (exact) mass is 158 g/mol. The Labute approximate surface area is 68.6 Å². The molecule has 0 aromatic carbocycles. The molecule has 0 aromatic heterocycles. The number of nitrogens with zero attached hydrogens (tertiary/aromatic N) is 1. The lowest BCUT2D eigenvalue weighted by Crippen LogP contribution is -2.51. The summed E-state index contributed by atoms with van der Waals surface area (Å²) in [7, 11) is 1.77. The van der Waals surface area contributed by atoms with Gasteiger partial charge in [0.25, 0.3) is 0 Å². The van der Waals surface area contributed by atoms with E-state index in [0.29, 0.717) is 13.0 Å². The van der Waals surface area contributed by atoms with E-state index in [1.54, 1.807) is 18.9 Å². The van der Waals surface area contributed by atoms with Gasteiger partial charge in [0.1, 0.15) is 0 Å². The van der Waals surface area contributed by atoms with E-state index >= 15 is 0 Å². The summed E-state index contributed by atoms with van der Waals surface area (Å²) in [5, 5.41) is 0. The summed E-state index contributed by atoms with van der Waals surface area (Å²) < 4.78 is 0. The molecule has 2 N–H and O–H groups in total. The Balaban J connectivity index is 4.23. The summed E-state index contributed by atoms with van der Waals surface area (Å²) in [5.74, 6) is 0.0162. The van der Waals surface area contributed by atoms with Crippen LogP contribution >= 0.6 is 0 Å². The van der Waals surface area contributed by atoms with Crippen LogP contribution in [0.3, 0.4) is 0 Å². The van der Waals surface area contributed by atoms with Crippen LogP contribution in [0.4, 0.5) is 0 Å². The Morgan fingerprint density at radius 3 is 2.27 bits per heavy atom. The minimum atomic E-state index is -0.690. The standard InChI is InChI=1S/C8H18N2O/c1-5-8(3,9)7(11)10(4)6-2/h5-6,9H2,1-4H3. The van der Waals surface area contributed by atoms with Crippen molar-refractivity contribution in [2.24, 2.45) is 5.73 Å². The van der Waals surface area contributed by atoms with Crippen molar-refractivity contribution >= 4 is 5.91 Å². The van der Waals surface area contributed by atoms with Crippen LogP contribution in [-0.4, -0.2) is 29.9 Å². The number of hydrogen-bond acceptors (Lipinski definition) is 2. The lowest BCUT2D eigenvalue weighted by Gasteiger charge is -2.27. The fourth-order valence-corrected chi connectivity index (χ4v) is 0.731. The van der Waals surface area contributed by atoms with Crippen molar-refractivity contribution in [2.75, 3.05) is 13.6 Å². The molecule has 3 nitrogen and oxygen atoms in total. The number of amides is 1. The van der Waals surface area contributed by atoms with E-state index in [1.807, 2.05) is 13.8 Å². The van der Waals surface area contributed by atoms with Crippen molar-refractivity contribution in [3.63, 3.8) is 0 Å². The zero-order valence-corrected chi connectivity index (χ0v) is 7.85. The number of nitrogens with two attached hydrogens (primary N) is 1. The molecule has 0 aliphatic carbocycles. The molecule has 0 fully saturated rings. The number of likely N-dealkylation sites (N-methyl/N-ethyl adjacent to an activating group) is 1. The molecule has 1 unspecified atom stereocenters. The van der Waals surface area contributed by atoms with Gasteiger partial charge in [-0.3, -0.25) is 4.79 Å². The van der Waals surface area contributed by atoms with E-state index in [4.69, 9.17) is 5.73 Å². The van der Waals surface area contributed by atoms with Crippen molar-refractivity contribution in [1.29, 1.82) is 0 Å². The Morgan fingerprint density at radius 1 is 1.55 bits per heavy atom. The van der Waals surface area contributed by atoms with Gasteiger partial charge in [-0.1, -0.05) is 6.92 Å². The summed E-state index contributed by atoms with van der Waals surface area (Å²) in [5.41, 5.74) is 5.06. The van der Waals surface area contributed by atoms with E-state index in [2.05, 4.69) is 0 Å². The topological polar surface area (TPSA) is 46.3 Å². The number of rotatable bonds is 3. The first-order valence-electron chi connectivity index (χ1n) is 4.00. The largest absolute Gasteiger partial charge is 0.344 e. The maximum Gasteiger partial charge on any atom is 0.242 e. The molecule has 0 rings (SSSR count). The first-order chi connectivity index (χ1) is 4.95. The predicted octanol–water partition coefficient (Wildman–Crippen LogP) is 0.592. The summed E-state index contributed by atoms with van der Waals surface area (Å²) in [6.45, 7) is 6.33.